The number of hydrogen-bond donors (Lipinski definition) is 0. The van der Waals surface area contributed by atoms with Crippen molar-refractivity contribution in [3.63, 3.8) is 0 Å². The molecule has 0 saturated heterocycles. The number of rotatable bonds is 6. The first-order chi connectivity index (χ1) is 14.1. The Labute approximate surface area is 164 Å². The van der Waals surface area contributed by atoms with Crippen LogP contribution in [-0.2, 0) is 22.7 Å². The molecule has 0 radical (unpaired) electrons. The lowest BCUT2D eigenvalue weighted by atomic mass is 10.1. The minimum atomic E-state index is -0.476. The van der Waals surface area contributed by atoms with Crippen molar-refractivity contribution in [1.29, 1.82) is 0 Å². The van der Waals surface area contributed by atoms with Crippen LogP contribution in [0.2, 0.25) is 0 Å². The molecule has 4 aromatic rings. The van der Waals surface area contributed by atoms with Crippen molar-refractivity contribution in [3.05, 3.63) is 82.8 Å². The largest absolute Gasteiger partial charge is 0.459 e. The Morgan fingerprint density at radius 2 is 1.93 bits per heavy atom. The van der Waals surface area contributed by atoms with E-state index in [-0.39, 0.29) is 30.9 Å². The Hall–Kier alpha value is -3.81. The van der Waals surface area contributed by atoms with Crippen LogP contribution in [0.15, 0.2) is 70.2 Å². The molecule has 0 bridgehead atoms. The van der Waals surface area contributed by atoms with Crippen LogP contribution in [0.1, 0.15) is 12.1 Å². The van der Waals surface area contributed by atoms with Gasteiger partial charge in [0.25, 0.3) is 5.56 Å². The Balaban J connectivity index is 1.33. The van der Waals surface area contributed by atoms with E-state index in [0.29, 0.717) is 27.9 Å². The first-order valence-corrected chi connectivity index (χ1v) is 8.91. The van der Waals surface area contributed by atoms with E-state index in [9.17, 15) is 14.0 Å². The maximum absolute atomic E-state index is 13.0. The number of hydrogen-bond acceptors (Lipinski definition) is 6. The number of benzene rings is 2. The zero-order chi connectivity index (χ0) is 20.2. The molecule has 0 saturated carbocycles. The van der Waals surface area contributed by atoms with Crippen LogP contribution in [-0.4, -0.2) is 20.7 Å². The minimum Gasteiger partial charge on any atom is -0.459 e. The average molecular weight is 393 g/mol. The Morgan fingerprint density at radius 3 is 2.76 bits per heavy atom. The van der Waals surface area contributed by atoms with E-state index in [1.54, 1.807) is 36.4 Å². The van der Waals surface area contributed by atoms with Crippen molar-refractivity contribution in [3.8, 4) is 11.3 Å². The van der Waals surface area contributed by atoms with Gasteiger partial charge in [0.1, 0.15) is 18.1 Å². The van der Waals surface area contributed by atoms with Crippen LogP contribution >= 0.6 is 0 Å². The molecule has 29 heavy (non-hydrogen) atoms. The molecule has 0 unspecified atom stereocenters. The third-order valence-electron chi connectivity index (χ3n) is 4.36. The third kappa shape index (κ3) is 4.21. The molecule has 7 nitrogen and oxygen atoms in total. The van der Waals surface area contributed by atoms with Crippen molar-refractivity contribution in [1.82, 2.24) is 14.7 Å². The maximum atomic E-state index is 13.0. The molecule has 0 amide bonds. The normalized spacial score (nSPS) is 10.9. The monoisotopic (exact) mass is 393 g/mol. The molecule has 2 heterocycles. The third-order valence-corrected chi connectivity index (χ3v) is 4.36. The lowest BCUT2D eigenvalue weighted by molar-refractivity contribution is -0.145. The lowest BCUT2D eigenvalue weighted by Crippen LogP contribution is -2.22. The number of para-hydroxylation sites is 1. The van der Waals surface area contributed by atoms with E-state index in [0.717, 1.165) is 0 Å². The summed E-state index contributed by atoms with van der Waals surface area (Å²) in [5.74, 6) is -0.371. The highest BCUT2D eigenvalue weighted by Crippen LogP contribution is 2.21. The zero-order valence-corrected chi connectivity index (χ0v) is 15.2. The molecule has 0 atom stereocenters. The fraction of sp³-hybridized carbons (Fsp3) is 0.143. The predicted octanol–water partition coefficient (Wildman–Crippen LogP) is 3.32. The number of aryl methyl sites for hydroxylation is 1. The molecule has 0 aliphatic heterocycles. The molecule has 0 aliphatic carbocycles. The van der Waals surface area contributed by atoms with Crippen LogP contribution in [0.25, 0.3) is 22.2 Å². The van der Waals surface area contributed by atoms with Gasteiger partial charge in [0.15, 0.2) is 5.76 Å². The number of nitrogens with zero attached hydrogens (tertiary/aromatic N) is 3. The number of halogens is 1. The van der Waals surface area contributed by atoms with Gasteiger partial charge in [-0.25, -0.2) is 9.37 Å². The lowest BCUT2D eigenvalue weighted by Gasteiger charge is -2.06. The van der Waals surface area contributed by atoms with Gasteiger partial charge in [-0.3, -0.25) is 14.2 Å². The van der Waals surface area contributed by atoms with Gasteiger partial charge in [-0.05, 0) is 36.4 Å². The molecule has 0 spiro atoms. The number of esters is 1. The summed E-state index contributed by atoms with van der Waals surface area (Å²) in [6.45, 7) is 0.101. The number of ether oxygens (including phenoxy) is 1. The Kier molecular flexibility index (Phi) is 5.15. The van der Waals surface area contributed by atoms with Crippen molar-refractivity contribution in [2.24, 2.45) is 0 Å². The molecule has 0 aliphatic rings. The summed E-state index contributed by atoms with van der Waals surface area (Å²) in [7, 11) is 0. The SMILES string of the molecule is O=C(CCn1cnc2ccccc2c1=O)OCc1cc(-c2ccc(F)cc2)on1. The summed E-state index contributed by atoms with van der Waals surface area (Å²) in [4.78, 5) is 28.6. The highest BCUT2D eigenvalue weighted by Gasteiger charge is 2.11. The highest BCUT2D eigenvalue weighted by molar-refractivity contribution is 5.77. The van der Waals surface area contributed by atoms with Gasteiger partial charge in [0.2, 0.25) is 0 Å². The second kappa shape index (κ2) is 8.05. The van der Waals surface area contributed by atoms with Gasteiger partial charge in [-0.1, -0.05) is 17.3 Å². The van der Waals surface area contributed by atoms with Gasteiger partial charge >= 0.3 is 5.97 Å². The Bertz CT molecular complexity index is 1210. The second-order valence-electron chi connectivity index (χ2n) is 6.36. The summed E-state index contributed by atoms with van der Waals surface area (Å²) < 4.78 is 24.7. The average Bonchev–Trinajstić information content (AvgIpc) is 3.21. The summed E-state index contributed by atoms with van der Waals surface area (Å²) in [6, 6.07) is 14.4. The summed E-state index contributed by atoms with van der Waals surface area (Å²) in [5, 5.41) is 4.34. The molecule has 0 N–H and O–H groups in total. The minimum absolute atomic E-state index is 0.0165. The first-order valence-electron chi connectivity index (χ1n) is 8.91. The number of carbonyl (C=O) groups is 1. The van der Waals surface area contributed by atoms with Crippen molar-refractivity contribution < 1.29 is 18.4 Å². The van der Waals surface area contributed by atoms with E-state index in [2.05, 4.69) is 10.1 Å². The van der Waals surface area contributed by atoms with E-state index in [1.807, 2.05) is 6.07 Å². The molecule has 8 heteroatoms. The maximum Gasteiger partial charge on any atom is 0.307 e. The number of carbonyl (C=O) groups excluding carboxylic acids is 1. The van der Waals surface area contributed by atoms with Crippen molar-refractivity contribution >= 4 is 16.9 Å². The summed E-state index contributed by atoms with van der Waals surface area (Å²) in [6.07, 6.45) is 1.44. The van der Waals surface area contributed by atoms with E-state index in [1.165, 1.54) is 23.0 Å². The molecular formula is C21H16FN3O4. The fourth-order valence-corrected chi connectivity index (χ4v) is 2.83. The van der Waals surface area contributed by atoms with Crippen LogP contribution in [0.3, 0.4) is 0 Å². The molecule has 0 fully saturated rings. The molecular weight excluding hydrogens is 377 g/mol. The molecule has 146 valence electrons. The van der Waals surface area contributed by atoms with Gasteiger partial charge in [-0.15, -0.1) is 0 Å². The van der Waals surface area contributed by atoms with E-state index < -0.39 is 5.97 Å². The van der Waals surface area contributed by atoms with Crippen LogP contribution in [0.4, 0.5) is 4.39 Å². The highest BCUT2D eigenvalue weighted by atomic mass is 19.1. The van der Waals surface area contributed by atoms with Gasteiger partial charge in [0.05, 0.1) is 23.7 Å². The van der Waals surface area contributed by atoms with Crippen molar-refractivity contribution in [2.45, 2.75) is 19.6 Å². The number of fused-ring (bicyclic) bond motifs is 1. The quantitative estimate of drug-likeness (QED) is 0.467. The second-order valence-corrected chi connectivity index (χ2v) is 6.36. The van der Waals surface area contributed by atoms with Crippen LogP contribution in [0.5, 0.6) is 0 Å². The van der Waals surface area contributed by atoms with Crippen molar-refractivity contribution in [2.75, 3.05) is 0 Å². The molecule has 4 rings (SSSR count). The van der Waals surface area contributed by atoms with Crippen LogP contribution < -0.4 is 5.56 Å². The van der Waals surface area contributed by atoms with E-state index >= 15 is 0 Å². The van der Waals surface area contributed by atoms with Crippen LogP contribution in [0, 0.1) is 5.82 Å². The van der Waals surface area contributed by atoms with Gasteiger partial charge in [-0.2, -0.15) is 0 Å². The fourth-order valence-electron chi connectivity index (χ4n) is 2.83. The standard InChI is InChI=1S/C21H16FN3O4/c22-15-7-5-14(6-8-15)19-11-16(24-29-19)12-28-20(26)9-10-25-13-23-18-4-2-1-3-17(18)21(25)27/h1-8,11,13H,9-10,12H2. The number of aromatic nitrogens is 3. The summed E-state index contributed by atoms with van der Waals surface area (Å²) >= 11 is 0. The molecule has 2 aromatic carbocycles. The zero-order valence-electron chi connectivity index (χ0n) is 15.2. The Morgan fingerprint density at radius 1 is 1.14 bits per heavy atom. The summed E-state index contributed by atoms with van der Waals surface area (Å²) in [5.41, 5.74) is 1.50. The molecule has 2 aromatic heterocycles. The topological polar surface area (TPSA) is 87.2 Å². The predicted molar refractivity (Wildman–Crippen MR) is 102 cm³/mol. The smallest absolute Gasteiger partial charge is 0.307 e. The van der Waals surface area contributed by atoms with Gasteiger partial charge < -0.3 is 9.26 Å². The first kappa shape index (κ1) is 18.5. The van der Waals surface area contributed by atoms with E-state index in [4.69, 9.17) is 9.26 Å². The van der Waals surface area contributed by atoms with Gasteiger partial charge in [0, 0.05) is 18.2 Å².